The highest BCUT2D eigenvalue weighted by molar-refractivity contribution is 14.0. The van der Waals surface area contributed by atoms with Gasteiger partial charge in [0.05, 0.1) is 0 Å². The van der Waals surface area contributed by atoms with E-state index < -0.39 is 0 Å². The van der Waals surface area contributed by atoms with Crippen LogP contribution in [0.4, 0.5) is 0 Å². The highest BCUT2D eigenvalue weighted by Gasteiger charge is 2.09. The van der Waals surface area contributed by atoms with E-state index in [1.807, 2.05) is 0 Å². The largest absolute Gasteiger partial charge is 0.361 e. The molecule has 2 aromatic heterocycles. The first-order chi connectivity index (χ1) is 13.6. The van der Waals surface area contributed by atoms with Gasteiger partial charge in [0.25, 0.3) is 0 Å². The predicted octanol–water partition coefficient (Wildman–Crippen LogP) is 3.94. The van der Waals surface area contributed by atoms with Crippen LogP contribution >= 0.6 is 24.0 Å². The lowest BCUT2D eigenvalue weighted by Crippen LogP contribution is -2.38. The number of hydrogen-bond donors (Lipinski definition) is 3. The number of fused-ring (bicyclic) bond motifs is 1. The van der Waals surface area contributed by atoms with Gasteiger partial charge < -0.3 is 20.1 Å². The first-order valence-electron chi connectivity index (χ1n) is 9.90. The van der Waals surface area contributed by atoms with E-state index in [2.05, 4.69) is 75.9 Å². The van der Waals surface area contributed by atoms with Gasteiger partial charge in [-0.15, -0.1) is 24.0 Å². The van der Waals surface area contributed by atoms with Gasteiger partial charge in [0.1, 0.15) is 0 Å². The maximum atomic E-state index is 5.27. The molecule has 158 valence electrons. The Morgan fingerprint density at radius 1 is 1.21 bits per heavy atom. The molecule has 3 N–H and O–H groups in total. The first-order valence-corrected chi connectivity index (χ1v) is 9.90. The van der Waals surface area contributed by atoms with Crippen LogP contribution in [-0.2, 0) is 12.8 Å². The second-order valence-corrected chi connectivity index (χ2v) is 7.34. The van der Waals surface area contributed by atoms with Crippen LogP contribution in [0.2, 0.25) is 0 Å². The Labute approximate surface area is 189 Å². The van der Waals surface area contributed by atoms with Crippen molar-refractivity contribution in [2.45, 2.75) is 46.0 Å². The standard InChI is InChI=1S/C21H30N6O.HI/c1-14(2)20-26-19(28-27-20)6-5-10-23-21(22-4)24-11-9-16-13-25-18-12-15(3)7-8-17(16)18;/h7-8,12-14,25H,5-6,9-11H2,1-4H3,(H2,22,23,24);1H. The van der Waals surface area contributed by atoms with E-state index in [0.29, 0.717) is 11.8 Å². The number of aromatic nitrogens is 3. The minimum Gasteiger partial charge on any atom is -0.361 e. The molecular formula is C21H31IN6O. The van der Waals surface area contributed by atoms with Crippen LogP contribution in [0, 0.1) is 6.92 Å². The number of H-pyrrole nitrogens is 1. The van der Waals surface area contributed by atoms with Crippen LogP contribution in [0.5, 0.6) is 0 Å². The maximum absolute atomic E-state index is 5.27. The molecule has 2 heterocycles. The van der Waals surface area contributed by atoms with E-state index in [9.17, 15) is 0 Å². The van der Waals surface area contributed by atoms with Gasteiger partial charge in [-0.2, -0.15) is 4.98 Å². The molecular weight excluding hydrogens is 479 g/mol. The quantitative estimate of drug-likeness (QED) is 0.185. The number of nitrogens with zero attached hydrogens (tertiary/aromatic N) is 3. The van der Waals surface area contributed by atoms with Crippen LogP contribution in [0.25, 0.3) is 10.9 Å². The molecule has 0 fully saturated rings. The Bertz CT molecular complexity index is 930. The lowest BCUT2D eigenvalue weighted by molar-refractivity contribution is 0.368. The van der Waals surface area contributed by atoms with Gasteiger partial charge in [0.15, 0.2) is 11.8 Å². The van der Waals surface area contributed by atoms with E-state index in [0.717, 1.165) is 44.1 Å². The summed E-state index contributed by atoms with van der Waals surface area (Å²) in [5.74, 6) is 2.57. The number of aromatic amines is 1. The van der Waals surface area contributed by atoms with Crippen molar-refractivity contribution in [3.05, 3.63) is 47.2 Å². The molecule has 7 nitrogen and oxygen atoms in total. The maximum Gasteiger partial charge on any atom is 0.226 e. The number of aliphatic imine (C=N–C) groups is 1. The van der Waals surface area contributed by atoms with Gasteiger partial charge >= 0.3 is 0 Å². The third-order valence-corrected chi connectivity index (χ3v) is 4.69. The zero-order valence-corrected chi connectivity index (χ0v) is 19.9. The number of hydrogen-bond acceptors (Lipinski definition) is 4. The topological polar surface area (TPSA) is 91.1 Å². The normalized spacial score (nSPS) is 11.7. The summed E-state index contributed by atoms with van der Waals surface area (Å²) in [7, 11) is 1.79. The summed E-state index contributed by atoms with van der Waals surface area (Å²) < 4.78 is 5.27. The van der Waals surface area contributed by atoms with Crippen LogP contribution < -0.4 is 10.6 Å². The molecule has 0 saturated carbocycles. The van der Waals surface area contributed by atoms with Crippen molar-refractivity contribution in [2.24, 2.45) is 4.99 Å². The number of rotatable bonds is 8. The third kappa shape index (κ3) is 6.45. The molecule has 0 radical (unpaired) electrons. The summed E-state index contributed by atoms with van der Waals surface area (Å²) in [6.45, 7) is 7.85. The van der Waals surface area contributed by atoms with Crippen LogP contribution in [-0.4, -0.2) is 41.2 Å². The molecule has 3 aromatic rings. The molecule has 0 aliphatic rings. The van der Waals surface area contributed by atoms with Crippen molar-refractivity contribution < 1.29 is 4.52 Å². The molecule has 0 aliphatic heterocycles. The van der Waals surface area contributed by atoms with Gasteiger partial charge in [0.2, 0.25) is 5.89 Å². The smallest absolute Gasteiger partial charge is 0.226 e. The average Bonchev–Trinajstić information content (AvgIpc) is 3.30. The number of guanidine groups is 1. The SMILES string of the molecule is CN=C(NCCCc1nc(C(C)C)no1)NCCc1c[nH]c2cc(C)ccc12.I. The summed E-state index contributed by atoms with van der Waals surface area (Å²) in [5.41, 5.74) is 3.78. The van der Waals surface area contributed by atoms with Gasteiger partial charge in [-0.25, -0.2) is 0 Å². The molecule has 0 bridgehead atoms. The zero-order chi connectivity index (χ0) is 19.9. The van der Waals surface area contributed by atoms with E-state index in [4.69, 9.17) is 4.52 Å². The monoisotopic (exact) mass is 510 g/mol. The van der Waals surface area contributed by atoms with Crippen molar-refractivity contribution in [3.8, 4) is 0 Å². The van der Waals surface area contributed by atoms with E-state index >= 15 is 0 Å². The average molecular weight is 510 g/mol. The van der Waals surface area contributed by atoms with Crippen molar-refractivity contribution >= 4 is 40.8 Å². The van der Waals surface area contributed by atoms with E-state index in [1.54, 1.807) is 7.05 Å². The second kappa shape index (κ2) is 11.2. The summed E-state index contributed by atoms with van der Waals surface area (Å²) in [6, 6.07) is 6.52. The molecule has 1 aromatic carbocycles. The van der Waals surface area contributed by atoms with Crippen LogP contribution in [0.3, 0.4) is 0 Å². The number of halogens is 1. The fourth-order valence-electron chi connectivity index (χ4n) is 3.09. The van der Waals surface area contributed by atoms with Crippen LogP contribution in [0.15, 0.2) is 33.9 Å². The van der Waals surface area contributed by atoms with Crippen molar-refractivity contribution in [1.82, 2.24) is 25.8 Å². The van der Waals surface area contributed by atoms with Crippen molar-refractivity contribution in [1.29, 1.82) is 0 Å². The lowest BCUT2D eigenvalue weighted by Gasteiger charge is -2.11. The summed E-state index contributed by atoms with van der Waals surface area (Å²) >= 11 is 0. The van der Waals surface area contributed by atoms with Crippen molar-refractivity contribution in [2.75, 3.05) is 20.1 Å². The first kappa shape index (κ1) is 23.2. The minimum atomic E-state index is 0. The van der Waals surface area contributed by atoms with Gasteiger partial charge in [-0.1, -0.05) is 31.1 Å². The second-order valence-electron chi connectivity index (χ2n) is 7.34. The third-order valence-electron chi connectivity index (χ3n) is 4.69. The molecule has 29 heavy (non-hydrogen) atoms. The van der Waals surface area contributed by atoms with E-state index in [-0.39, 0.29) is 24.0 Å². The molecule has 0 aliphatic carbocycles. The highest BCUT2D eigenvalue weighted by atomic mass is 127. The molecule has 0 atom stereocenters. The molecule has 8 heteroatoms. The Kier molecular flexibility index (Phi) is 8.94. The minimum absolute atomic E-state index is 0. The molecule has 0 amide bonds. The Balaban J connectivity index is 0.00000300. The summed E-state index contributed by atoms with van der Waals surface area (Å²) in [5, 5.41) is 12.0. The fraction of sp³-hybridized carbons (Fsp3) is 0.476. The zero-order valence-electron chi connectivity index (χ0n) is 17.6. The Hall–Kier alpha value is -2.10. The molecule has 3 rings (SSSR count). The van der Waals surface area contributed by atoms with Gasteiger partial charge in [0, 0.05) is 49.6 Å². The molecule has 0 spiro atoms. The Morgan fingerprint density at radius 3 is 2.72 bits per heavy atom. The summed E-state index contributed by atoms with van der Waals surface area (Å²) in [6.07, 6.45) is 4.70. The fourth-order valence-corrected chi connectivity index (χ4v) is 3.09. The summed E-state index contributed by atoms with van der Waals surface area (Å²) in [4.78, 5) is 12.0. The van der Waals surface area contributed by atoms with Crippen molar-refractivity contribution in [3.63, 3.8) is 0 Å². The lowest BCUT2D eigenvalue weighted by atomic mass is 10.1. The number of nitrogens with one attached hydrogen (secondary N) is 3. The van der Waals surface area contributed by atoms with Gasteiger partial charge in [-0.3, -0.25) is 4.99 Å². The number of aryl methyl sites for hydroxylation is 2. The number of benzene rings is 1. The van der Waals surface area contributed by atoms with Crippen LogP contribution in [0.1, 0.15) is 49.0 Å². The molecule has 0 saturated heterocycles. The Morgan fingerprint density at radius 2 is 2.00 bits per heavy atom. The predicted molar refractivity (Wildman–Crippen MR) is 128 cm³/mol. The van der Waals surface area contributed by atoms with Gasteiger partial charge in [-0.05, 0) is 37.0 Å². The highest BCUT2D eigenvalue weighted by Crippen LogP contribution is 2.19. The molecule has 0 unspecified atom stereocenters. The van der Waals surface area contributed by atoms with E-state index in [1.165, 1.54) is 22.0 Å².